The number of ether oxygens (including phenoxy) is 1. The summed E-state index contributed by atoms with van der Waals surface area (Å²) in [7, 11) is 0. The lowest BCUT2D eigenvalue weighted by Gasteiger charge is -2.17. The second kappa shape index (κ2) is 5.09. The van der Waals surface area contributed by atoms with Gasteiger partial charge in [-0.25, -0.2) is 0 Å². The van der Waals surface area contributed by atoms with Crippen molar-refractivity contribution in [2.24, 2.45) is 5.92 Å². The molecule has 0 radical (unpaired) electrons. The van der Waals surface area contributed by atoms with Gasteiger partial charge in [-0.15, -0.1) is 0 Å². The third-order valence-corrected chi connectivity index (χ3v) is 3.97. The fraction of sp³-hybridized carbons (Fsp3) is 0.600. The molecule has 2 heteroatoms. The van der Waals surface area contributed by atoms with E-state index in [1.54, 1.807) is 0 Å². The molecule has 1 aromatic rings. The molecule has 0 spiro atoms. The van der Waals surface area contributed by atoms with Gasteiger partial charge in [0.05, 0.1) is 6.61 Å². The molecule has 1 fully saturated rings. The largest absolute Gasteiger partial charge is 0.493 e. The van der Waals surface area contributed by atoms with Gasteiger partial charge in [-0.3, -0.25) is 0 Å². The van der Waals surface area contributed by atoms with Crippen molar-refractivity contribution in [1.82, 2.24) is 5.32 Å². The van der Waals surface area contributed by atoms with Gasteiger partial charge in [0.25, 0.3) is 0 Å². The van der Waals surface area contributed by atoms with E-state index < -0.39 is 0 Å². The summed E-state index contributed by atoms with van der Waals surface area (Å²) in [5, 5.41) is 3.38. The van der Waals surface area contributed by atoms with E-state index in [9.17, 15) is 0 Å². The summed E-state index contributed by atoms with van der Waals surface area (Å²) in [4.78, 5) is 0. The average molecular weight is 231 g/mol. The van der Waals surface area contributed by atoms with Crippen LogP contribution in [0.2, 0.25) is 0 Å². The third-order valence-electron chi connectivity index (χ3n) is 3.97. The highest BCUT2D eigenvalue weighted by atomic mass is 16.5. The zero-order valence-corrected chi connectivity index (χ0v) is 10.4. The normalized spacial score (nSPS) is 23.4. The minimum absolute atomic E-state index is 0.700. The van der Waals surface area contributed by atoms with Crippen molar-refractivity contribution in [1.29, 1.82) is 0 Å². The molecule has 1 unspecified atom stereocenters. The van der Waals surface area contributed by atoms with Crippen molar-refractivity contribution >= 4 is 0 Å². The monoisotopic (exact) mass is 231 g/mol. The maximum atomic E-state index is 5.92. The summed E-state index contributed by atoms with van der Waals surface area (Å²) < 4.78 is 5.92. The van der Waals surface area contributed by atoms with Gasteiger partial charge >= 0.3 is 0 Å². The van der Waals surface area contributed by atoms with Crippen molar-refractivity contribution in [2.75, 3.05) is 19.7 Å². The molecule has 3 rings (SSSR count). The van der Waals surface area contributed by atoms with Gasteiger partial charge in [0.15, 0.2) is 0 Å². The minimum Gasteiger partial charge on any atom is -0.493 e. The average Bonchev–Trinajstić information content (AvgIpc) is 2.89. The summed E-state index contributed by atoms with van der Waals surface area (Å²) in [6, 6.07) is 6.67. The standard InChI is InChI=1S/C15H21NO/c1-2-4-14-9-15(6-5-13(14)3-1)17-11-12-7-8-16-10-12/h5-6,9,12,16H,1-4,7-8,10-11H2. The molecular formula is C15H21NO. The Kier molecular flexibility index (Phi) is 3.32. The lowest BCUT2D eigenvalue weighted by atomic mass is 9.92. The van der Waals surface area contributed by atoms with Crippen molar-refractivity contribution in [2.45, 2.75) is 32.1 Å². The van der Waals surface area contributed by atoms with Crippen LogP contribution in [-0.2, 0) is 12.8 Å². The number of rotatable bonds is 3. The van der Waals surface area contributed by atoms with Crippen LogP contribution in [-0.4, -0.2) is 19.7 Å². The van der Waals surface area contributed by atoms with E-state index in [2.05, 4.69) is 23.5 Å². The van der Waals surface area contributed by atoms with Crippen LogP contribution in [0.3, 0.4) is 0 Å². The van der Waals surface area contributed by atoms with E-state index in [0.717, 1.165) is 25.4 Å². The second-order valence-electron chi connectivity index (χ2n) is 5.31. The molecule has 1 heterocycles. The molecule has 1 aromatic carbocycles. The van der Waals surface area contributed by atoms with Crippen molar-refractivity contribution in [3.63, 3.8) is 0 Å². The van der Waals surface area contributed by atoms with E-state index in [1.165, 1.54) is 43.2 Å². The van der Waals surface area contributed by atoms with E-state index >= 15 is 0 Å². The van der Waals surface area contributed by atoms with Crippen LogP contribution in [0, 0.1) is 5.92 Å². The molecule has 0 amide bonds. The van der Waals surface area contributed by atoms with Gasteiger partial charge in [-0.05, 0) is 61.9 Å². The quantitative estimate of drug-likeness (QED) is 0.863. The SMILES string of the molecule is c1cc2c(cc1OCC1CCNC1)CCCC2. The molecule has 2 aliphatic rings. The second-order valence-corrected chi connectivity index (χ2v) is 5.31. The lowest BCUT2D eigenvalue weighted by Crippen LogP contribution is -2.15. The molecule has 1 atom stereocenters. The summed E-state index contributed by atoms with van der Waals surface area (Å²) >= 11 is 0. The number of hydrogen-bond acceptors (Lipinski definition) is 2. The number of aryl methyl sites for hydroxylation is 2. The van der Waals surface area contributed by atoms with Gasteiger partial charge in [0, 0.05) is 12.5 Å². The highest BCUT2D eigenvalue weighted by molar-refractivity contribution is 5.37. The Morgan fingerprint density at radius 1 is 1.18 bits per heavy atom. The van der Waals surface area contributed by atoms with Crippen LogP contribution >= 0.6 is 0 Å². The van der Waals surface area contributed by atoms with E-state index in [4.69, 9.17) is 4.74 Å². The highest BCUT2D eigenvalue weighted by Crippen LogP contribution is 2.25. The fourth-order valence-electron chi connectivity index (χ4n) is 2.87. The minimum atomic E-state index is 0.700. The summed E-state index contributed by atoms with van der Waals surface area (Å²) in [5.41, 5.74) is 3.05. The predicted molar refractivity (Wildman–Crippen MR) is 69.6 cm³/mol. The molecule has 0 saturated carbocycles. The van der Waals surface area contributed by atoms with Crippen molar-refractivity contribution in [3.05, 3.63) is 29.3 Å². The number of hydrogen-bond donors (Lipinski definition) is 1. The summed E-state index contributed by atoms with van der Waals surface area (Å²) in [5.74, 6) is 1.77. The highest BCUT2D eigenvalue weighted by Gasteiger charge is 2.15. The molecule has 2 nitrogen and oxygen atoms in total. The van der Waals surface area contributed by atoms with Gasteiger partial charge in [-0.2, -0.15) is 0 Å². The third kappa shape index (κ3) is 2.63. The Hall–Kier alpha value is -1.02. The van der Waals surface area contributed by atoms with E-state index in [1.807, 2.05) is 0 Å². The number of benzene rings is 1. The zero-order valence-electron chi connectivity index (χ0n) is 10.4. The molecule has 1 N–H and O–H groups in total. The Labute approximate surface area is 103 Å². The van der Waals surface area contributed by atoms with Gasteiger partial charge in [0.2, 0.25) is 0 Å². The topological polar surface area (TPSA) is 21.3 Å². The van der Waals surface area contributed by atoms with Crippen molar-refractivity contribution in [3.8, 4) is 5.75 Å². The zero-order chi connectivity index (χ0) is 11.5. The van der Waals surface area contributed by atoms with Crippen LogP contribution < -0.4 is 10.1 Å². The number of nitrogens with one attached hydrogen (secondary N) is 1. The van der Waals surface area contributed by atoms with Gasteiger partial charge in [-0.1, -0.05) is 6.07 Å². The Balaban J connectivity index is 1.62. The smallest absolute Gasteiger partial charge is 0.119 e. The molecule has 92 valence electrons. The van der Waals surface area contributed by atoms with E-state index in [-0.39, 0.29) is 0 Å². The van der Waals surface area contributed by atoms with E-state index in [0.29, 0.717) is 5.92 Å². The predicted octanol–water partition coefficient (Wildman–Crippen LogP) is 2.55. The van der Waals surface area contributed by atoms with Crippen LogP contribution in [0.5, 0.6) is 5.75 Å². The van der Waals surface area contributed by atoms with Crippen molar-refractivity contribution < 1.29 is 4.74 Å². The van der Waals surface area contributed by atoms with Crippen LogP contribution in [0.1, 0.15) is 30.4 Å². The molecule has 0 aromatic heterocycles. The van der Waals surface area contributed by atoms with Gasteiger partial charge in [0.1, 0.15) is 5.75 Å². The molecule has 1 aliphatic carbocycles. The first-order chi connectivity index (χ1) is 8.42. The molecular weight excluding hydrogens is 210 g/mol. The van der Waals surface area contributed by atoms with Crippen LogP contribution in [0.15, 0.2) is 18.2 Å². The van der Waals surface area contributed by atoms with Crippen LogP contribution in [0.4, 0.5) is 0 Å². The Morgan fingerprint density at radius 3 is 2.88 bits per heavy atom. The first kappa shape index (κ1) is 11.1. The molecule has 1 aliphatic heterocycles. The number of fused-ring (bicyclic) bond motifs is 1. The molecule has 0 bridgehead atoms. The summed E-state index contributed by atoms with van der Waals surface area (Å²) in [6.45, 7) is 3.13. The Bertz CT molecular complexity index is 383. The maximum absolute atomic E-state index is 5.92. The molecule has 1 saturated heterocycles. The first-order valence-electron chi connectivity index (χ1n) is 6.87. The Morgan fingerprint density at radius 2 is 2.06 bits per heavy atom. The first-order valence-corrected chi connectivity index (χ1v) is 6.87. The van der Waals surface area contributed by atoms with Crippen LogP contribution in [0.25, 0.3) is 0 Å². The van der Waals surface area contributed by atoms with Gasteiger partial charge < -0.3 is 10.1 Å². The maximum Gasteiger partial charge on any atom is 0.119 e. The lowest BCUT2D eigenvalue weighted by molar-refractivity contribution is 0.259. The fourth-order valence-corrected chi connectivity index (χ4v) is 2.87. The summed E-state index contributed by atoms with van der Waals surface area (Å²) in [6.07, 6.45) is 6.43. The molecule has 17 heavy (non-hydrogen) atoms.